The predicted molar refractivity (Wildman–Crippen MR) is 57.0 cm³/mol. The highest BCUT2D eigenvalue weighted by Gasteiger charge is 2.27. The number of rotatable bonds is 3. The van der Waals surface area contributed by atoms with Crippen LogP contribution >= 0.6 is 0 Å². The Hall–Kier alpha value is -1.82. The number of carboxylic acids is 1. The molecule has 0 saturated carbocycles. The summed E-state index contributed by atoms with van der Waals surface area (Å²) < 4.78 is 10.1. The summed E-state index contributed by atoms with van der Waals surface area (Å²) >= 11 is 0. The average molecular weight is 239 g/mol. The van der Waals surface area contributed by atoms with E-state index in [9.17, 15) is 9.59 Å². The van der Waals surface area contributed by atoms with Crippen LogP contribution in [0.4, 0.5) is 0 Å². The van der Waals surface area contributed by atoms with Gasteiger partial charge in [0.1, 0.15) is 0 Å². The van der Waals surface area contributed by atoms with Crippen LogP contribution in [0.3, 0.4) is 0 Å². The van der Waals surface area contributed by atoms with Crippen molar-refractivity contribution in [2.45, 2.75) is 12.5 Å². The van der Waals surface area contributed by atoms with Crippen molar-refractivity contribution < 1.29 is 23.8 Å². The van der Waals surface area contributed by atoms with E-state index in [2.05, 4.69) is 0 Å². The van der Waals surface area contributed by atoms with E-state index >= 15 is 0 Å². The fraction of sp³-hybridized carbons (Fsp3) is 0.455. The molecule has 0 bridgehead atoms. The lowest BCUT2D eigenvalue weighted by Crippen LogP contribution is -2.37. The molecule has 1 unspecified atom stereocenters. The first-order chi connectivity index (χ1) is 8.09. The van der Waals surface area contributed by atoms with Crippen molar-refractivity contribution in [3.63, 3.8) is 0 Å². The SMILES string of the molecule is CN(C(=O)c1ccc(C(=O)O)o1)C1CCOC1. The molecule has 6 nitrogen and oxygen atoms in total. The minimum Gasteiger partial charge on any atom is -0.475 e. The molecule has 6 heteroatoms. The van der Waals surface area contributed by atoms with Gasteiger partial charge < -0.3 is 19.2 Å². The molecule has 0 radical (unpaired) electrons. The Morgan fingerprint density at radius 3 is 2.65 bits per heavy atom. The number of hydrogen-bond donors (Lipinski definition) is 1. The summed E-state index contributed by atoms with van der Waals surface area (Å²) in [6, 6.07) is 2.67. The number of amides is 1. The van der Waals surface area contributed by atoms with Gasteiger partial charge in [-0.05, 0) is 18.6 Å². The molecule has 1 N–H and O–H groups in total. The second-order valence-corrected chi connectivity index (χ2v) is 3.90. The Kier molecular flexibility index (Phi) is 3.14. The van der Waals surface area contributed by atoms with Gasteiger partial charge in [0.05, 0.1) is 12.6 Å². The number of hydrogen-bond acceptors (Lipinski definition) is 4. The summed E-state index contributed by atoms with van der Waals surface area (Å²) in [5.41, 5.74) is 0. The molecular formula is C11H13NO5. The van der Waals surface area contributed by atoms with Crippen molar-refractivity contribution in [3.8, 4) is 0 Å². The van der Waals surface area contributed by atoms with Gasteiger partial charge >= 0.3 is 5.97 Å². The fourth-order valence-corrected chi connectivity index (χ4v) is 1.73. The Bertz CT molecular complexity index is 433. The van der Waals surface area contributed by atoms with E-state index in [0.29, 0.717) is 13.2 Å². The van der Waals surface area contributed by atoms with E-state index < -0.39 is 5.97 Å². The summed E-state index contributed by atoms with van der Waals surface area (Å²) in [6.45, 7) is 1.15. The van der Waals surface area contributed by atoms with Crippen molar-refractivity contribution in [1.82, 2.24) is 4.90 Å². The summed E-state index contributed by atoms with van der Waals surface area (Å²) in [6.07, 6.45) is 0.786. The highest BCUT2D eigenvalue weighted by Crippen LogP contribution is 2.16. The fourth-order valence-electron chi connectivity index (χ4n) is 1.73. The molecule has 2 rings (SSSR count). The van der Waals surface area contributed by atoms with Crippen LogP contribution in [-0.2, 0) is 4.74 Å². The maximum absolute atomic E-state index is 12.0. The Labute approximate surface area is 97.8 Å². The van der Waals surface area contributed by atoms with E-state index in [1.807, 2.05) is 0 Å². The van der Waals surface area contributed by atoms with Gasteiger partial charge in [0.25, 0.3) is 5.91 Å². The number of aromatic carboxylic acids is 1. The van der Waals surface area contributed by atoms with Crippen LogP contribution in [0.15, 0.2) is 16.5 Å². The lowest BCUT2D eigenvalue weighted by atomic mass is 10.2. The maximum atomic E-state index is 12.0. The summed E-state index contributed by atoms with van der Waals surface area (Å²) in [5.74, 6) is -1.70. The summed E-state index contributed by atoms with van der Waals surface area (Å²) in [5, 5.41) is 8.69. The van der Waals surface area contributed by atoms with Gasteiger partial charge in [0.2, 0.25) is 5.76 Å². The van der Waals surface area contributed by atoms with Gasteiger partial charge in [0.15, 0.2) is 5.76 Å². The number of likely N-dealkylation sites (N-methyl/N-ethyl adjacent to an activating group) is 1. The van der Waals surface area contributed by atoms with Crippen LogP contribution in [-0.4, -0.2) is 48.2 Å². The van der Waals surface area contributed by atoms with Crippen molar-refractivity contribution >= 4 is 11.9 Å². The first kappa shape index (κ1) is 11.7. The second kappa shape index (κ2) is 4.58. The summed E-state index contributed by atoms with van der Waals surface area (Å²) in [7, 11) is 1.66. The van der Waals surface area contributed by atoms with Gasteiger partial charge in [-0.2, -0.15) is 0 Å². The molecule has 0 spiro atoms. The van der Waals surface area contributed by atoms with Crippen molar-refractivity contribution in [2.24, 2.45) is 0 Å². The van der Waals surface area contributed by atoms with E-state index in [1.54, 1.807) is 7.05 Å². The molecule has 2 heterocycles. The van der Waals surface area contributed by atoms with Crippen LogP contribution in [0.2, 0.25) is 0 Å². The van der Waals surface area contributed by atoms with Gasteiger partial charge in [-0.1, -0.05) is 0 Å². The Balaban J connectivity index is 2.09. The van der Waals surface area contributed by atoms with E-state index in [0.717, 1.165) is 6.42 Å². The minimum absolute atomic E-state index is 0.0286. The van der Waals surface area contributed by atoms with Crippen LogP contribution < -0.4 is 0 Å². The molecule has 1 fully saturated rings. The van der Waals surface area contributed by atoms with E-state index in [1.165, 1.54) is 17.0 Å². The maximum Gasteiger partial charge on any atom is 0.371 e. The number of furan rings is 1. The van der Waals surface area contributed by atoms with Crippen LogP contribution in [0.25, 0.3) is 0 Å². The zero-order chi connectivity index (χ0) is 12.4. The van der Waals surface area contributed by atoms with Gasteiger partial charge in [-0.3, -0.25) is 4.79 Å². The van der Waals surface area contributed by atoms with Crippen LogP contribution in [0.1, 0.15) is 27.5 Å². The summed E-state index contributed by atoms with van der Waals surface area (Å²) in [4.78, 5) is 24.1. The number of carbonyl (C=O) groups excluding carboxylic acids is 1. The third kappa shape index (κ3) is 2.31. The Morgan fingerprint density at radius 2 is 2.12 bits per heavy atom. The average Bonchev–Trinajstić information content (AvgIpc) is 2.97. The van der Waals surface area contributed by atoms with Crippen molar-refractivity contribution in [1.29, 1.82) is 0 Å². The largest absolute Gasteiger partial charge is 0.475 e. The third-order valence-corrected chi connectivity index (χ3v) is 2.80. The first-order valence-corrected chi connectivity index (χ1v) is 5.27. The molecule has 1 aliphatic heterocycles. The molecule has 1 aliphatic rings. The highest BCUT2D eigenvalue weighted by molar-refractivity contribution is 5.93. The predicted octanol–water partition coefficient (Wildman–Crippen LogP) is 0.839. The molecule has 1 aromatic rings. The topological polar surface area (TPSA) is 80.0 Å². The Morgan fingerprint density at radius 1 is 1.41 bits per heavy atom. The molecule has 17 heavy (non-hydrogen) atoms. The lowest BCUT2D eigenvalue weighted by Gasteiger charge is -2.21. The van der Waals surface area contributed by atoms with Gasteiger partial charge in [0, 0.05) is 13.7 Å². The number of carboxylic acid groups (broad SMARTS) is 1. The molecule has 1 saturated heterocycles. The normalized spacial score (nSPS) is 19.2. The monoisotopic (exact) mass is 239 g/mol. The lowest BCUT2D eigenvalue weighted by molar-refractivity contribution is 0.0638. The smallest absolute Gasteiger partial charge is 0.371 e. The standard InChI is InChI=1S/C11H13NO5/c1-12(7-4-5-16-6-7)10(13)8-2-3-9(17-8)11(14)15/h2-3,7H,4-6H2,1H3,(H,14,15). The molecule has 1 aromatic heterocycles. The van der Waals surface area contributed by atoms with Crippen molar-refractivity contribution in [2.75, 3.05) is 20.3 Å². The van der Waals surface area contributed by atoms with Crippen LogP contribution in [0.5, 0.6) is 0 Å². The quantitative estimate of drug-likeness (QED) is 0.845. The molecule has 92 valence electrons. The van der Waals surface area contributed by atoms with Crippen LogP contribution in [0, 0.1) is 0 Å². The molecule has 1 amide bonds. The number of carbonyl (C=O) groups is 2. The molecular weight excluding hydrogens is 226 g/mol. The third-order valence-electron chi connectivity index (χ3n) is 2.80. The zero-order valence-electron chi connectivity index (χ0n) is 9.38. The molecule has 0 aliphatic carbocycles. The van der Waals surface area contributed by atoms with Crippen molar-refractivity contribution in [3.05, 3.63) is 23.7 Å². The van der Waals surface area contributed by atoms with Gasteiger partial charge in [-0.15, -0.1) is 0 Å². The zero-order valence-corrected chi connectivity index (χ0v) is 9.38. The number of ether oxygens (including phenoxy) is 1. The minimum atomic E-state index is -1.18. The first-order valence-electron chi connectivity index (χ1n) is 5.27. The van der Waals surface area contributed by atoms with E-state index in [-0.39, 0.29) is 23.5 Å². The van der Waals surface area contributed by atoms with E-state index in [4.69, 9.17) is 14.3 Å². The second-order valence-electron chi connectivity index (χ2n) is 3.90. The highest BCUT2D eigenvalue weighted by atomic mass is 16.5. The van der Waals surface area contributed by atoms with Gasteiger partial charge in [-0.25, -0.2) is 4.79 Å². The molecule has 0 aromatic carbocycles. The number of nitrogens with zero attached hydrogens (tertiary/aromatic N) is 1. The molecule has 1 atom stereocenters.